The van der Waals surface area contributed by atoms with Crippen LogP contribution in [0.1, 0.15) is 18.4 Å². The lowest BCUT2D eigenvalue weighted by molar-refractivity contribution is -0.147. The Morgan fingerprint density at radius 2 is 2.00 bits per heavy atom. The zero-order valence-electron chi connectivity index (χ0n) is 8.02. The fraction of sp³-hybridized carbons (Fsp3) is 0.417. The number of hydrogen-bond donors (Lipinski definition) is 1. The molecule has 1 aliphatic rings. The summed E-state index contributed by atoms with van der Waals surface area (Å²) < 4.78 is 0. The van der Waals surface area contributed by atoms with Gasteiger partial charge in [0.1, 0.15) is 0 Å². The lowest BCUT2D eigenvalue weighted by Gasteiger charge is -2.33. The Morgan fingerprint density at radius 1 is 1.29 bits per heavy atom. The lowest BCUT2D eigenvalue weighted by atomic mass is 9.71. The molecule has 2 atom stereocenters. The van der Waals surface area contributed by atoms with Gasteiger partial charge in [0, 0.05) is 0 Å². The smallest absolute Gasteiger partial charge is 0.306 e. The van der Waals surface area contributed by atoms with Gasteiger partial charge in [0.15, 0.2) is 0 Å². The van der Waals surface area contributed by atoms with E-state index in [0.717, 1.165) is 19.3 Å². The molecule has 1 N–H and O–H groups in total. The molecule has 74 valence electrons. The van der Waals surface area contributed by atoms with Crippen molar-refractivity contribution in [2.24, 2.45) is 11.8 Å². The molecule has 0 bridgehead atoms. The highest BCUT2D eigenvalue weighted by molar-refractivity contribution is 5.71. The van der Waals surface area contributed by atoms with Crippen LogP contribution in [-0.2, 0) is 11.2 Å². The summed E-state index contributed by atoms with van der Waals surface area (Å²) in [6.07, 6.45) is 2.83. The molecule has 0 spiro atoms. The van der Waals surface area contributed by atoms with Crippen molar-refractivity contribution in [3.63, 3.8) is 0 Å². The first kappa shape index (κ1) is 9.25. The van der Waals surface area contributed by atoms with Crippen molar-refractivity contribution in [2.75, 3.05) is 0 Å². The molecule has 2 nitrogen and oxygen atoms in total. The van der Waals surface area contributed by atoms with Gasteiger partial charge in [0.25, 0.3) is 0 Å². The van der Waals surface area contributed by atoms with Crippen molar-refractivity contribution in [3.8, 4) is 0 Å². The van der Waals surface area contributed by atoms with Gasteiger partial charge in [-0.1, -0.05) is 30.3 Å². The number of hydrogen-bond acceptors (Lipinski definition) is 1. The monoisotopic (exact) mass is 190 g/mol. The standard InChI is InChI=1S/C12H14O2/c13-12(14)11-7-6-10(11)8-9-4-2-1-3-5-9/h1-5,10-11H,6-8H2,(H,13,14)/t10-,11-/m1/s1. The van der Waals surface area contributed by atoms with Gasteiger partial charge in [0.2, 0.25) is 0 Å². The second kappa shape index (κ2) is 3.82. The minimum atomic E-state index is -0.628. The zero-order chi connectivity index (χ0) is 9.97. The first-order chi connectivity index (χ1) is 6.77. The molecule has 0 aromatic heterocycles. The Morgan fingerprint density at radius 3 is 2.50 bits per heavy atom. The maximum Gasteiger partial charge on any atom is 0.306 e. The number of aliphatic carboxylic acids is 1. The van der Waals surface area contributed by atoms with Crippen LogP contribution in [0.25, 0.3) is 0 Å². The van der Waals surface area contributed by atoms with Crippen molar-refractivity contribution >= 4 is 5.97 Å². The number of benzene rings is 1. The van der Waals surface area contributed by atoms with Crippen LogP contribution >= 0.6 is 0 Å². The van der Waals surface area contributed by atoms with Gasteiger partial charge >= 0.3 is 5.97 Å². The van der Waals surface area contributed by atoms with Crippen LogP contribution in [0.2, 0.25) is 0 Å². The highest BCUT2D eigenvalue weighted by Gasteiger charge is 2.36. The molecular formula is C12H14O2. The highest BCUT2D eigenvalue weighted by atomic mass is 16.4. The van der Waals surface area contributed by atoms with Crippen LogP contribution in [0, 0.1) is 11.8 Å². The van der Waals surface area contributed by atoms with Gasteiger partial charge in [-0.05, 0) is 30.7 Å². The molecule has 1 aromatic carbocycles. The first-order valence-corrected chi connectivity index (χ1v) is 5.04. The number of carbonyl (C=O) groups is 1. The van der Waals surface area contributed by atoms with Crippen molar-refractivity contribution < 1.29 is 9.90 Å². The van der Waals surface area contributed by atoms with Gasteiger partial charge in [-0.2, -0.15) is 0 Å². The minimum absolute atomic E-state index is 0.102. The average Bonchev–Trinajstić information content (AvgIpc) is 2.13. The summed E-state index contributed by atoms with van der Waals surface area (Å²) in [6, 6.07) is 10.1. The molecule has 0 aliphatic heterocycles. The SMILES string of the molecule is O=C(O)[C@@H]1CC[C@@H]1Cc1ccccc1. The predicted octanol–water partition coefficient (Wildman–Crippen LogP) is 2.34. The largest absolute Gasteiger partial charge is 0.481 e. The van der Waals surface area contributed by atoms with E-state index < -0.39 is 5.97 Å². The summed E-state index contributed by atoms with van der Waals surface area (Å²) in [7, 11) is 0. The van der Waals surface area contributed by atoms with Gasteiger partial charge in [0.05, 0.1) is 5.92 Å². The molecule has 1 saturated carbocycles. The Hall–Kier alpha value is -1.31. The van der Waals surface area contributed by atoms with Gasteiger partial charge in [-0.15, -0.1) is 0 Å². The second-order valence-corrected chi connectivity index (χ2v) is 3.97. The Kier molecular flexibility index (Phi) is 2.53. The van der Waals surface area contributed by atoms with Gasteiger partial charge < -0.3 is 5.11 Å². The van der Waals surface area contributed by atoms with E-state index in [2.05, 4.69) is 12.1 Å². The fourth-order valence-corrected chi connectivity index (χ4v) is 2.06. The van der Waals surface area contributed by atoms with Crippen molar-refractivity contribution in [1.29, 1.82) is 0 Å². The van der Waals surface area contributed by atoms with Crippen LogP contribution in [-0.4, -0.2) is 11.1 Å². The summed E-state index contributed by atoms with van der Waals surface area (Å²) >= 11 is 0. The zero-order valence-corrected chi connectivity index (χ0v) is 8.02. The lowest BCUT2D eigenvalue weighted by Crippen LogP contribution is -2.34. The molecule has 1 aromatic rings. The molecule has 0 saturated heterocycles. The van der Waals surface area contributed by atoms with E-state index >= 15 is 0 Å². The summed E-state index contributed by atoms with van der Waals surface area (Å²) in [5.74, 6) is -0.373. The average molecular weight is 190 g/mol. The van der Waals surface area contributed by atoms with Gasteiger partial charge in [-0.25, -0.2) is 0 Å². The van der Waals surface area contributed by atoms with Crippen LogP contribution in [0.4, 0.5) is 0 Å². The third kappa shape index (κ3) is 1.79. The first-order valence-electron chi connectivity index (χ1n) is 5.04. The van der Waals surface area contributed by atoms with Crippen LogP contribution < -0.4 is 0 Å². The summed E-state index contributed by atoms with van der Waals surface area (Å²) in [6.45, 7) is 0. The predicted molar refractivity (Wildman–Crippen MR) is 54.0 cm³/mol. The molecule has 0 amide bonds. The highest BCUT2D eigenvalue weighted by Crippen LogP contribution is 2.36. The van der Waals surface area contributed by atoms with E-state index in [1.807, 2.05) is 18.2 Å². The summed E-state index contributed by atoms with van der Waals surface area (Å²) in [5, 5.41) is 8.88. The fourth-order valence-electron chi connectivity index (χ4n) is 2.06. The van der Waals surface area contributed by atoms with Crippen molar-refractivity contribution in [3.05, 3.63) is 35.9 Å². The maximum absolute atomic E-state index is 10.8. The third-order valence-corrected chi connectivity index (χ3v) is 3.08. The maximum atomic E-state index is 10.8. The number of carboxylic acid groups (broad SMARTS) is 1. The third-order valence-electron chi connectivity index (χ3n) is 3.08. The normalized spacial score (nSPS) is 25.4. The number of carboxylic acids is 1. The van der Waals surface area contributed by atoms with E-state index in [0.29, 0.717) is 5.92 Å². The summed E-state index contributed by atoms with van der Waals surface area (Å²) in [5.41, 5.74) is 1.25. The van der Waals surface area contributed by atoms with Gasteiger partial charge in [-0.3, -0.25) is 4.79 Å². The number of rotatable bonds is 3. The van der Waals surface area contributed by atoms with E-state index in [9.17, 15) is 4.79 Å². The van der Waals surface area contributed by atoms with Crippen LogP contribution in [0.15, 0.2) is 30.3 Å². The molecule has 0 heterocycles. The van der Waals surface area contributed by atoms with E-state index in [4.69, 9.17) is 5.11 Å². The Bertz CT molecular complexity index is 318. The van der Waals surface area contributed by atoms with Crippen molar-refractivity contribution in [2.45, 2.75) is 19.3 Å². The summed E-state index contributed by atoms with van der Waals surface area (Å²) in [4.78, 5) is 10.8. The van der Waals surface area contributed by atoms with Crippen LogP contribution in [0.5, 0.6) is 0 Å². The molecule has 0 radical (unpaired) electrons. The van der Waals surface area contributed by atoms with E-state index in [1.165, 1.54) is 5.56 Å². The molecular weight excluding hydrogens is 176 g/mol. The van der Waals surface area contributed by atoms with Crippen LogP contribution in [0.3, 0.4) is 0 Å². The molecule has 2 heteroatoms. The minimum Gasteiger partial charge on any atom is -0.481 e. The quantitative estimate of drug-likeness (QED) is 0.794. The van der Waals surface area contributed by atoms with Crippen molar-refractivity contribution in [1.82, 2.24) is 0 Å². The molecule has 0 unspecified atom stereocenters. The van der Waals surface area contributed by atoms with E-state index in [1.54, 1.807) is 0 Å². The topological polar surface area (TPSA) is 37.3 Å². The Balaban J connectivity index is 1.96. The molecule has 14 heavy (non-hydrogen) atoms. The molecule has 1 aliphatic carbocycles. The Labute approximate surface area is 83.6 Å². The second-order valence-electron chi connectivity index (χ2n) is 3.97. The van der Waals surface area contributed by atoms with E-state index in [-0.39, 0.29) is 5.92 Å². The molecule has 1 fully saturated rings. The molecule has 2 rings (SSSR count).